The third kappa shape index (κ3) is 0.990. The van der Waals surface area contributed by atoms with Gasteiger partial charge in [-0.2, -0.15) is 5.10 Å². The first-order chi connectivity index (χ1) is 6.93. The fourth-order valence-corrected chi connectivity index (χ4v) is 1.37. The molecule has 3 aromatic rings. The number of H-pyrrole nitrogens is 1. The number of aromatic nitrogens is 5. The lowest BCUT2D eigenvalue weighted by Crippen LogP contribution is -1.92. The van der Waals surface area contributed by atoms with Crippen molar-refractivity contribution >= 4 is 10.9 Å². The number of rotatable bonds is 1. The Kier molecular flexibility index (Phi) is 1.38. The van der Waals surface area contributed by atoms with Crippen LogP contribution < -0.4 is 0 Å². The van der Waals surface area contributed by atoms with Gasteiger partial charge in [-0.05, 0) is 6.07 Å². The van der Waals surface area contributed by atoms with Crippen LogP contribution in [0.15, 0.2) is 37.2 Å². The monoisotopic (exact) mass is 185 g/mol. The zero-order valence-corrected chi connectivity index (χ0v) is 7.25. The van der Waals surface area contributed by atoms with E-state index in [-0.39, 0.29) is 0 Å². The molecule has 5 nitrogen and oxygen atoms in total. The first kappa shape index (κ1) is 7.25. The summed E-state index contributed by atoms with van der Waals surface area (Å²) >= 11 is 0. The maximum Gasteiger partial charge on any atom is 0.138 e. The van der Waals surface area contributed by atoms with Crippen LogP contribution in [0.25, 0.3) is 16.7 Å². The van der Waals surface area contributed by atoms with Gasteiger partial charge < -0.3 is 0 Å². The summed E-state index contributed by atoms with van der Waals surface area (Å²) in [6.07, 6.45) is 8.83. The maximum atomic E-state index is 4.27. The van der Waals surface area contributed by atoms with Crippen molar-refractivity contribution in [1.29, 1.82) is 0 Å². The molecule has 0 spiro atoms. The van der Waals surface area contributed by atoms with Crippen molar-refractivity contribution in [3.05, 3.63) is 37.2 Å². The van der Waals surface area contributed by atoms with E-state index in [4.69, 9.17) is 0 Å². The average molecular weight is 185 g/mol. The molecule has 0 unspecified atom stereocenters. The summed E-state index contributed by atoms with van der Waals surface area (Å²) in [7, 11) is 0. The Labute approximate surface area is 79.4 Å². The van der Waals surface area contributed by atoms with E-state index < -0.39 is 0 Å². The van der Waals surface area contributed by atoms with Gasteiger partial charge in [0, 0.05) is 17.8 Å². The van der Waals surface area contributed by atoms with E-state index in [1.54, 1.807) is 24.9 Å². The first-order valence-corrected chi connectivity index (χ1v) is 4.21. The Morgan fingerprint density at radius 3 is 3.14 bits per heavy atom. The number of fused-ring (bicyclic) bond motifs is 1. The second-order valence-corrected chi connectivity index (χ2v) is 2.97. The fraction of sp³-hybridized carbons (Fsp3) is 0. The van der Waals surface area contributed by atoms with E-state index >= 15 is 0 Å². The average Bonchev–Trinajstić information content (AvgIpc) is 2.88. The number of nitrogens with one attached hydrogen (secondary N) is 1. The predicted molar refractivity (Wildman–Crippen MR) is 51.0 cm³/mol. The molecule has 5 heteroatoms. The minimum atomic E-state index is 0.844. The van der Waals surface area contributed by atoms with E-state index in [2.05, 4.69) is 20.2 Å². The predicted octanol–water partition coefficient (Wildman–Crippen LogP) is 1.14. The summed E-state index contributed by atoms with van der Waals surface area (Å²) in [5.74, 6) is 0.844. The molecule has 0 saturated carbocycles. The smallest absolute Gasteiger partial charge is 0.138 e. The van der Waals surface area contributed by atoms with Crippen LogP contribution >= 0.6 is 0 Å². The molecule has 1 N–H and O–H groups in total. The Balaban J connectivity index is 2.23. The molecule has 3 heterocycles. The molecule has 3 rings (SSSR count). The van der Waals surface area contributed by atoms with Crippen LogP contribution in [-0.2, 0) is 0 Å². The van der Waals surface area contributed by atoms with Crippen molar-refractivity contribution in [3.63, 3.8) is 0 Å². The van der Waals surface area contributed by atoms with Crippen LogP contribution in [-0.4, -0.2) is 24.7 Å². The summed E-state index contributed by atoms with van der Waals surface area (Å²) in [6.45, 7) is 0. The van der Waals surface area contributed by atoms with Crippen LogP contribution in [0.5, 0.6) is 0 Å². The second-order valence-electron chi connectivity index (χ2n) is 2.97. The lowest BCUT2D eigenvalue weighted by Gasteiger charge is -1.99. The van der Waals surface area contributed by atoms with Gasteiger partial charge in [-0.1, -0.05) is 0 Å². The molecule has 0 atom stereocenters. The molecule has 0 fully saturated rings. The summed E-state index contributed by atoms with van der Waals surface area (Å²) in [5, 5.41) is 7.83. The second kappa shape index (κ2) is 2.66. The fourth-order valence-electron chi connectivity index (χ4n) is 1.37. The van der Waals surface area contributed by atoms with Gasteiger partial charge in [0.05, 0.1) is 17.9 Å². The molecule has 0 aromatic carbocycles. The van der Waals surface area contributed by atoms with Crippen LogP contribution in [0.2, 0.25) is 0 Å². The van der Waals surface area contributed by atoms with Crippen molar-refractivity contribution in [3.8, 4) is 5.82 Å². The molecule has 0 bridgehead atoms. The summed E-state index contributed by atoms with van der Waals surface area (Å²) in [5.41, 5.74) is 0.939. The molecule has 14 heavy (non-hydrogen) atoms. The summed E-state index contributed by atoms with van der Waals surface area (Å²) in [6, 6.07) is 1.96. The Morgan fingerprint density at radius 2 is 2.29 bits per heavy atom. The Bertz CT molecular complexity index is 551. The molecule has 0 radical (unpaired) electrons. The minimum absolute atomic E-state index is 0.844. The van der Waals surface area contributed by atoms with Gasteiger partial charge in [0.2, 0.25) is 0 Å². The third-order valence-electron chi connectivity index (χ3n) is 2.08. The highest BCUT2D eigenvalue weighted by Gasteiger charge is 2.00. The highest BCUT2D eigenvalue weighted by atomic mass is 15.1. The van der Waals surface area contributed by atoms with Crippen LogP contribution in [0.4, 0.5) is 0 Å². The van der Waals surface area contributed by atoms with E-state index in [1.165, 1.54) is 0 Å². The third-order valence-corrected chi connectivity index (χ3v) is 2.08. The normalized spacial score (nSPS) is 10.9. The molecule has 0 aliphatic rings. The molecule has 68 valence electrons. The summed E-state index contributed by atoms with van der Waals surface area (Å²) in [4.78, 5) is 8.24. The Hall–Kier alpha value is -2.17. The number of hydrogen-bond donors (Lipinski definition) is 1. The highest BCUT2D eigenvalue weighted by molar-refractivity contribution is 5.78. The largest absolute Gasteiger partial charge is 0.291 e. The molecule has 0 aliphatic carbocycles. The molecule has 0 amide bonds. The van der Waals surface area contributed by atoms with Gasteiger partial charge in [0.1, 0.15) is 12.1 Å². The lowest BCUT2D eigenvalue weighted by atomic mass is 10.3. The van der Waals surface area contributed by atoms with Crippen molar-refractivity contribution in [1.82, 2.24) is 24.7 Å². The van der Waals surface area contributed by atoms with E-state index in [9.17, 15) is 0 Å². The van der Waals surface area contributed by atoms with Gasteiger partial charge in [-0.3, -0.25) is 9.67 Å². The van der Waals surface area contributed by atoms with E-state index in [0.29, 0.717) is 0 Å². The number of pyridine rings is 1. The van der Waals surface area contributed by atoms with Gasteiger partial charge >= 0.3 is 0 Å². The summed E-state index contributed by atoms with van der Waals surface area (Å²) < 4.78 is 1.85. The topological polar surface area (TPSA) is 59.4 Å². The highest BCUT2D eigenvalue weighted by Crippen LogP contribution is 2.12. The van der Waals surface area contributed by atoms with Crippen LogP contribution in [0.3, 0.4) is 0 Å². The van der Waals surface area contributed by atoms with Crippen molar-refractivity contribution in [2.45, 2.75) is 0 Å². The van der Waals surface area contributed by atoms with Crippen molar-refractivity contribution in [2.24, 2.45) is 0 Å². The number of hydrogen-bond acceptors (Lipinski definition) is 3. The molecule has 3 aromatic heterocycles. The molecular weight excluding hydrogens is 178 g/mol. The number of aromatic amines is 1. The number of nitrogens with zero attached hydrogens (tertiary/aromatic N) is 4. The van der Waals surface area contributed by atoms with Gasteiger partial charge in [0.25, 0.3) is 0 Å². The van der Waals surface area contributed by atoms with Crippen LogP contribution in [0.1, 0.15) is 0 Å². The quantitative estimate of drug-likeness (QED) is 0.618. The van der Waals surface area contributed by atoms with Gasteiger partial charge in [-0.15, -0.1) is 0 Å². The van der Waals surface area contributed by atoms with E-state index in [1.807, 2.05) is 16.8 Å². The van der Waals surface area contributed by atoms with Crippen molar-refractivity contribution < 1.29 is 0 Å². The molecule has 0 saturated heterocycles. The van der Waals surface area contributed by atoms with Crippen molar-refractivity contribution in [2.75, 3.05) is 0 Å². The van der Waals surface area contributed by atoms with Gasteiger partial charge in [0.15, 0.2) is 0 Å². The van der Waals surface area contributed by atoms with E-state index in [0.717, 1.165) is 16.7 Å². The minimum Gasteiger partial charge on any atom is -0.291 e. The lowest BCUT2D eigenvalue weighted by molar-refractivity contribution is 0.997. The van der Waals surface area contributed by atoms with Crippen LogP contribution in [0, 0.1) is 0 Å². The SMILES string of the molecule is c1cn(-c2cc3cn[nH]c3cn2)cn1. The maximum absolute atomic E-state index is 4.27. The standard InChI is InChI=1S/C9H7N5/c1-2-14(6-10-1)9-3-7-4-12-13-8(7)5-11-9/h1-6H,(H,12,13). The Morgan fingerprint density at radius 1 is 1.29 bits per heavy atom. The molecule has 0 aliphatic heterocycles. The van der Waals surface area contributed by atoms with Gasteiger partial charge in [-0.25, -0.2) is 9.97 Å². The first-order valence-electron chi connectivity index (χ1n) is 4.21. The zero-order chi connectivity index (χ0) is 9.38. The number of imidazole rings is 1. The molecular formula is C9H7N5. The zero-order valence-electron chi connectivity index (χ0n) is 7.25.